The van der Waals surface area contributed by atoms with Gasteiger partial charge in [0.25, 0.3) is 0 Å². The van der Waals surface area contributed by atoms with Crippen molar-refractivity contribution in [2.45, 2.75) is 6.92 Å². The molecule has 0 amide bonds. The third kappa shape index (κ3) is 3.98. The van der Waals surface area contributed by atoms with E-state index in [1.807, 2.05) is 31.2 Å². The standard InChI is InChI=1S/C17H20N6O2/c1-12-3-2-4-13(9-12)21-16-15-14(19-11-20-16)10-18-17(22-15)23(5-7-24)6-8-25/h2-4,9-11,24-25H,5-8H2,1H3,(H,19,20,21). The lowest BCUT2D eigenvalue weighted by atomic mass is 10.2. The molecular weight excluding hydrogens is 320 g/mol. The first-order valence-electron chi connectivity index (χ1n) is 7.99. The highest BCUT2D eigenvalue weighted by atomic mass is 16.3. The van der Waals surface area contributed by atoms with Crippen LogP contribution in [0.25, 0.3) is 11.0 Å². The monoisotopic (exact) mass is 340 g/mol. The zero-order valence-corrected chi connectivity index (χ0v) is 13.9. The van der Waals surface area contributed by atoms with E-state index in [1.54, 1.807) is 11.1 Å². The molecule has 0 aliphatic rings. The Morgan fingerprint density at radius 2 is 1.88 bits per heavy atom. The van der Waals surface area contributed by atoms with Gasteiger partial charge in [0.2, 0.25) is 5.95 Å². The van der Waals surface area contributed by atoms with Gasteiger partial charge in [-0.25, -0.2) is 19.9 Å². The Balaban J connectivity index is 1.99. The second kappa shape index (κ2) is 7.82. The van der Waals surface area contributed by atoms with Crippen molar-refractivity contribution in [3.63, 3.8) is 0 Å². The highest BCUT2D eigenvalue weighted by Crippen LogP contribution is 2.23. The van der Waals surface area contributed by atoms with E-state index >= 15 is 0 Å². The number of anilines is 3. The number of rotatable bonds is 7. The van der Waals surface area contributed by atoms with Gasteiger partial charge in [0, 0.05) is 18.8 Å². The molecular formula is C17H20N6O2. The molecule has 0 radical (unpaired) electrons. The normalized spacial score (nSPS) is 10.8. The Labute approximate surface area is 145 Å². The molecule has 1 aromatic carbocycles. The molecule has 0 spiro atoms. The third-order valence-electron chi connectivity index (χ3n) is 3.67. The molecule has 3 N–H and O–H groups in total. The Morgan fingerprint density at radius 1 is 1.08 bits per heavy atom. The summed E-state index contributed by atoms with van der Waals surface area (Å²) in [7, 11) is 0. The molecule has 2 heterocycles. The molecule has 0 aliphatic heterocycles. The van der Waals surface area contributed by atoms with Gasteiger partial charge in [-0.05, 0) is 24.6 Å². The summed E-state index contributed by atoms with van der Waals surface area (Å²) in [4.78, 5) is 19.0. The topological polar surface area (TPSA) is 107 Å². The summed E-state index contributed by atoms with van der Waals surface area (Å²) in [6.07, 6.45) is 3.07. The van der Waals surface area contributed by atoms with Crippen molar-refractivity contribution in [1.82, 2.24) is 19.9 Å². The van der Waals surface area contributed by atoms with Gasteiger partial charge in [0.05, 0.1) is 19.4 Å². The SMILES string of the molecule is Cc1cccc(Nc2ncnc3cnc(N(CCO)CCO)nc23)c1. The Morgan fingerprint density at radius 3 is 2.60 bits per heavy atom. The van der Waals surface area contributed by atoms with E-state index in [9.17, 15) is 10.2 Å². The molecule has 8 nitrogen and oxygen atoms in total. The summed E-state index contributed by atoms with van der Waals surface area (Å²) >= 11 is 0. The summed E-state index contributed by atoms with van der Waals surface area (Å²) in [5, 5.41) is 21.7. The number of aliphatic hydroxyl groups excluding tert-OH is 2. The molecule has 0 fully saturated rings. The number of nitrogens with zero attached hydrogens (tertiary/aromatic N) is 5. The largest absolute Gasteiger partial charge is 0.395 e. The maximum absolute atomic E-state index is 9.20. The highest BCUT2D eigenvalue weighted by molar-refractivity contribution is 5.87. The van der Waals surface area contributed by atoms with E-state index in [2.05, 4.69) is 25.3 Å². The molecule has 3 rings (SSSR count). The minimum absolute atomic E-state index is 0.0545. The Bertz CT molecular complexity index is 851. The van der Waals surface area contributed by atoms with Crippen LogP contribution in [-0.2, 0) is 0 Å². The minimum Gasteiger partial charge on any atom is -0.395 e. The molecule has 0 unspecified atom stereocenters. The second-order valence-electron chi connectivity index (χ2n) is 5.55. The maximum atomic E-state index is 9.20. The van der Waals surface area contributed by atoms with Gasteiger partial charge in [-0.3, -0.25) is 0 Å². The van der Waals surface area contributed by atoms with E-state index in [0.29, 0.717) is 35.9 Å². The fourth-order valence-electron chi connectivity index (χ4n) is 2.50. The summed E-state index contributed by atoms with van der Waals surface area (Å²) in [5.41, 5.74) is 3.23. The average Bonchev–Trinajstić information content (AvgIpc) is 2.62. The first kappa shape index (κ1) is 17.0. The van der Waals surface area contributed by atoms with Crippen LogP contribution >= 0.6 is 0 Å². The van der Waals surface area contributed by atoms with Gasteiger partial charge in [0.15, 0.2) is 5.82 Å². The van der Waals surface area contributed by atoms with Crippen molar-refractivity contribution in [3.05, 3.63) is 42.4 Å². The number of nitrogens with one attached hydrogen (secondary N) is 1. The highest BCUT2D eigenvalue weighted by Gasteiger charge is 2.13. The van der Waals surface area contributed by atoms with E-state index in [4.69, 9.17) is 0 Å². The van der Waals surface area contributed by atoms with Crippen LogP contribution in [0.3, 0.4) is 0 Å². The van der Waals surface area contributed by atoms with E-state index in [0.717, 1.165) is 11.3 Å². The zero-order chi connectivity index (χ0) is 17.6. The van der Waals surface area contributed by atoms with Crippen LogP contribution in [-0.4, -0.2) is 56.5 Å². The quantitative estimate of drug-likeness (QED) is 0.590. The fourth-order valence-corrected chi connectivity index (χ4v) is 2.50. The lowest BCUT2D eigenvalue weighted by molar-refractivity contribution is 0.280. The van der Waals surface area contributed by atoms with E-state index < -0.39 is 0 Å². The van der Waals surface area contributed by atoms with Crippen molar-refractivity contribution in [1.29, 1.82) is 0 Å². The molecule has 0 bridgehead atoms. The van der Waals surface area contributed by atoms with Crippen LogP contribution in [0.5, 0.6) is 0 Å². The van der Waals surface area contributed by atoms with Crippen molar-refractivity contribution < 1.29 is 10.2 Å². The molecule has 3 aromatic rings. The van der Waals surface area contributed by atoms with Gasteiger partial charge < -0.3 is 20.4 Å². The van der Waals surface area contributed by atoms with Crippen molar-refractivity contribution >= 4 is 28.5 Å². The molecule has 0 saturated heterocycles. The van der Waals surface area contributed by atoms with Crippen LogP contribution in [0.15, 0.2) is 36.8 Å². The summed E-state index contributed by atoms with van der Waals surface area (Å²) in [6, 6.07) is 7.95. The minimum atomic E-state index is -0.0545. The zero-order valence-electron chi connectivity index (χ0n) is 13.9. The van der Waals surface area contributed by atoms with Crippen molar-refractivity contribution in [2.75, 3.05) is 36.5 Å². The summed E-state index contributed by atoms with van der Waals surface area (Å²) in [5.74, 6) is 0.991. The van der Waals surface area contributed by atoms with Gasteiger partial charge >= 0.3 is 0 Å². The molecule has 0 saturated carbocycles. The van der Waals surface area contributed by atoms with Gasteiger partial charge in [-0.2, -0.15) is 0 Å². The molecule has 0 aliphatic carbocycles. The number of aliphatic hydroxyl groups is 2. The number of benzene rings is 1. The van der Waals surface area contributed by atoms with Crippen LogP contribution in [0.1, 0.15) is 5.56 Å². The first-order valence-corrected chi connectivity index (χ1v) is 7.99. The predicted octanol–water partition coefficient (Wildman–Crippen LogP) is 1.26. The van der Waals surface area contributed by atoms with E-state index in [1.165, 1.54) is 6.33 Å². The second-order valence-corrected chi connectivity index (χ2v) is 5.55. The maximum Gasteiger partial charge on any atom is 0.226 e. The average molecular weight is 340 g/mol. The molecule has 8 heteroatoms. The van der Waals surface area contributed by atoms with Crippen LogP contribution in [0, 0.1) is 6.92 Å². The van der Waals surface area contributed by atoms with Crippen molar-refractivity contribution in [3.8, 4) is 0 Å². The van der Waals surface area contributed by atoms with Gasteiger partial charge in [-0.1, -0.05) is 12.1 Å². The molecule has 0 atom stereocenters. The summed E-state index contributed by atoms with van der Waals surface area (Å²) < 4.78 is 0. The number of fused-ring (bicyclic) bond motifs is 1. The third-order valence-corrected chi connectivity index (χ3v) is 3.67. The van der Waals surface area contributed by atoms with E-state index in [-0.39, 0.29) is 13.2 Å². The predicted molar refractivity (Wildman–Crippen MR) is 96.0 cm³/mol. The van der Waals surface area contributed by atoms with Gasteiger partial charge in [-0.15, -0.1) is 0 Å². The molecule has 130 valence electrons. The Hall–Kier alpha value is -2.84. The van der Waals surface area contributed by atoms with Crippen LogP contribution in [0.2, 0.25) is 0 Å². The molecule has 2 aromatic heterocycles. The Kier molecular flexibility index (Phi) is 5.32. The smallest absolute Gasteiger partial charge is 0.226 e. The number of aromatic nitrogens is 4. The lowest BCUT2D eigenvalue weighted by Gasteiger charge is -2.20. The van der Waals surface area contributed by atoms with Gasteiger partial charge in [0.1, 0.15) is 17.4 Å². The van der Waals surface area contributed by atoms with Crippen LogP contribution < -0.4 is 10.2 Å². The molecule has 25 heavy (non-hydrogen) atoms. The summed E-state index contributed by atoms with van der Waals surface area (Å²) in [6.45, 7) is 2.58. The lowest BCUT2D eigenvalue weighted by Crippen LogP contribution is -2.31. The number of hydrogen-bond acceptors (Lipinski definition) is 8. The first-order chi connectivity index (χ1) is 12.2. The fraction of sp³-hybridized carbons (Fsp3) is 0.294. The van der Waals surface area contributed by atoms with Crippen molar-refractivity contribution in [2.24, 2.45) is 0 Å². The van der Waals surface area contributed by atoms with Crippen LogP contribution in [0.4, 0.5) is 17.5 Å². The number of aryl methyl sites for hydroxylation is 1. The number of hydrogen-bond donors (Lipinski definition) is 3.